The first kappa shape index (κ1) is 16.1. The quantitative estimate of drug-likeness (QED) is 0.899. The lowest BCUT2D eigenvalue weighted by molar-refractivity contribution is 0.270. The van der Waals surface area contributed by atoms with Crippen molar-refractivity contribution in [3.63, 3.8) is 0 Å². The second-order valence-corrected chi connectivity index (χ2v) is 7.37. The van der Waals surface area contributed by atoms with Crippen molar-refractivity contribution >= 4 is 10.0 Å². The van der Waals surface area contributed by atoms with Crippen LogP contribution in [-0.4, -0.2) is 46.9 Å². The molecule has 1 fully saturated rings. The number of aromatic nitrogens is 3. The molecule has 1 unspecified atom stereocenters. The number of nitrogens with one attached hydrogen (secondary N) is 1. The van der Waals surface area contributed by atoms with Crippen molar-refractivity contribution in [1.82, 2.24) is 24.2 Å². The summed E-state index contributed by atoms with van der Waals surface area (Å²) in [7, 11) is -3.64. The van der Waals surface area contributed by atoms with E-state index in [9.17, 15) is 8.42 Å². The Balaban J connectivity index is 1.99. The van der Waals surface area contributed by atoms with Gasteiger partial charge in [-0.2, -0.15) is 4.31 Å². The highest BCUT2D eigenvalue weighted by atomic mass is 32.2. The Kier molecular flexibility index (Phi) is 4.47. The monoisotopic (exact) mass is 335 g/mol. The smallest absolute Gasteiger partial charge is 0.262 e. The lowest BCUT2D eigenvalue weighted by atomic mass is 10.1. The van der Waals surface area contributed by atoms with Crippen LogP contribution < -0.4 is 5.32 Å². The Bertz CT molecular complexity index is 772. The van der Waals surface area contributed by atoms with E-state index in [1.165, 1.54) is 4.31 Å². The molecule has 3 heterocycles. The molecule has 124 valence electrons. The summed E-state index contributed by atoms with van der Waals surface area (Å²) in [6.45, 7) is 6.09. The summed E-state index contributed by atoms with van der Waals surface area (Å²) in [5.74, 6) is 0.708. The van der Waals surface area contributed by atoms with Crippen molar-refractivity contribution in [3.8, 4) is 0 Å². The Hall–Kier alpha value is -1.77. The van der Waals surface area contributed by atoms with Gasteiger partial charge >= 0.3 is 0 Å². The van der Waals surface area contributed by atoms with E-state index in [-0.39, 0.29) is 11.1 Å². The lowest BCUT2D eigenvalue weighted by Crippen LogP contribution is -2.48. The fourth-order valence-corrected chi connectivity index (χ4v) is 4.49. The number of sulfonamides is 1. The van der Waals surface area contributed by atoms with Crippen molar-refractivity contribution in [2.75, 3.05) is 19.6 Å². The predicted molar refractivity (Wildman–Crippen MR) is 86.4 cm³/mol. The highest BCUT2D eigenvalue weighted by molar-refractivity contribution is 7.89. The fraction of sp³-hybridized carbons (Fsp3) is 0.467. The maximum absolute atomic E-state index is 13.1. The largest absolute Gasteiger partial charge is 0.334 e. The van der Waals surface area contributed by atoms with Gasteiger partial charge in [-0.15, -0.1) is 0 Å². The molecule has 3 rings (SSSR count). The SMILES string of the molecule is CCn1cc(S(=O)(=O)N2CCNCC2c2cccnc2)nc1C. The van der Waals surface area contributed by atoms with Crippen molar-refractivity contribution < 1.29 is 8.42 Å². The summed E-state index contributed by atoms with van der Waals surface area (Å²) in [4.78, 5) is 8.37. The summed E-state index contributed by atoms with van der Waals surface area (Å²) in [6, 6.07) is 3.46. The van der Waals surface area contributed by atoms with E-state index < -0.39 is 10.0 Å². The van der Waals surface area contributed by atoms with Crippen LogP contribution >= 0.6 is 0 Å². The van der Waals surface area contributed by atoms with Crippen molar-refractivity contribution in [1.29, 1.82) is 0 Å². The molecule has 0 amide bonds. The molecule has 1 N–H and O–H groups in total. The number of aryl methyl sites for hydroxylation is 2. The minimum Gasteiger partial charge on any atom is -0.334 e. The zero-order valence-electron chi connectivity index (χ0n) is 13.3. The van der Waals surface area contributed by atoms with Gasteiger partial charge in [0.05, 0.1) is 6.04 Å². The zero-order chi connectivity index (χ0) is 16.4. The molecule has 0 bridgehead atoms. The standard InChI is InChI=1S/C15H21N5O2S/c1-3-19-11-15(18-12(19)2)23(21,22)20-8-7-17-10-14(20)13-5-4-6-16-9-13/h4-6,9,11,14,17H,3,7-8,10H2,1-2H3. The summed E-state index contributed by atoms with van der Waals surface area (Å²) in [5.41, 5.74) is 0.884. The van der Waals surface area contributed by atoms with Crippen LogP contribution in [0.25, 0.3) is 0 Å². The van der Waals surface area contributed by atoms with Crippen molar-refractivity contribution in [3.05, 3.63) is 42.1 Å². The molecule has 0 aliphatic carbocycles. The van der Waals surface area contributed by atoms with E-state index in [4.69, 9.17) is 0 Å². The topological polar surface area (TPSA) is 80.1 Å². The molecule has 0 spiro atoms. The molecule has 0 radical (unpaired) electrons. The molecule has 8 heteroatoms. The third kappa shape index (κ3) is 3.01. The van der Waals surface area contributed by atoms with E-state index in [2.05, 4.69) is 15.3 Å². The van der Waals surface area contributed by atoms with Crippen LogP contribution in [0.2, 0.25) is 0 Å². The average molecular weight is 335 g/mol. The molecule has 1 atom stereocenters. The van der Waals surface area contributed by atoms with E-state index in [0.717, 1.165) is 5.56 Å². The molecule has 0 saturated carbocycles. The van der Waals surface area contributed by atoms with Gasteiger partial charge in [0.15, 0.2) is 5.03 Å². The number of pyridine rings is 1. The molecule has 1 saturated heterocycles. The highest BCUT2D eigenvalue weighted by Crippen LogP contribution is 2.28. The second-order valence-electron chi connectivity index (χ2n) is 5.53. The van der Waals surface area contributed by atoms with Gasteiger partial charge in [-0.1, -0.05) is 6.07 Å². The normalized spacial score (nSPS) is 19.8. The molecule has 2 aromatic rings. The third-order valence-corrected chi connectivity index (χ3v) is 5.91. The number of nitrogens with zero attached hydrogens (tertiary/aromatic N) is 4. The predicted octanol–water partition coefficient (Wildman–Crippen LogP) is 0.942. The van der Waals surface area contributed by atoms with Gasteiger partial charge < -0.3 is 9.88 Å². The number of hydrogen-bond donors (Lipinski definition) is 1. The fourth-order valence-electron chi connectivity index (χ4n) is 2.87. The molecule has 2 aromatic heterocycles. The summed E-state index contributed by atoms with van der Waals surface area (Å²) < 4.78 is 29.5. The van der Waals surface area contributed by atoms with Crippen LogP contribution in [0.15, 0.2) is 35.7 Å². The Labute approximate surface area is 136 Å². The van der Waals surface area contributed by atoms with Crippen LogP contribution in [-0.2, 0) is 16.6 Å². The summed E-state index contributed by atoms with van der Waals surface area (Å²) in [5, 5.41) is 3.37. The van der Waals surface area contributed by atoms with E-state index in [0.29, 0.717) is 32.0 Å². The van der Waals surface area contributed by atoms with Gasteiger partial charge in [0.2, 0.25) is 0 Å². The molecular formula is C15H21N5O2S. The van der Waals surface area contributed by atoms with Gasteiger partial charge in [0.25, 0.3) is 10.0 Å². The van der Waals surface area contributed by atoms with Gasteiger partial charge in [-0.25, -0.2) is 13.4 Å². The molecule has 7 nitrogen and oxygen atoms in total. The van der Waals surface area contributed by atoms with E-state index in [1.807, 2.05) is 30.5 Å². The van der Waals surface area contributed by atoms with Crippen LogP contribution in [0.5, 0.6) is 0 Å². The van der Waals surface area contributed by atoms with Crippen LogP contribution in [0.3, 0.4) is 0 Å². The first-order chi connectivity index (χ1) is 11.0. The Morgan fingerprint density at radius 1 is 1.43 bits per heavy atom. The maximum atomic E-state index is 13.1. The minimum absolute atomic E-state index is 0.118. The third-order valence-electron chi connectivity index (χ3n) is 4.13. The van der Waals surface area contributed by atoms with Gasteiger partial charge in [0, 0.05) is 44.8 Å². The Morgan fingerprint density at radius 3 is 2.91 bits per heavy atom. The van der Waals surface area contributed by atoms with Gasteiger partial charge in [-0.05, 0) is 25.5 Å². The van der Waals surface area contributed by atoms with E-state index in [1.54, 1.807) is 18.6 Å². The zero-order valence-corrected chi connectivity index (χ0v) is 14.1. The number of hydrogen-bond acceptors (Lipinski definition) is 5. The first-order valence-electron chi connectivity index (χ1n) is 7.70. The number of rotatable bonds is 4. The van der Waals surface area contributed by atoms with Crippen LogP contribution in [0.1, 0.15) is 24.4 Å². The minimum atomic E-state index is -3.64. The van der Waals surface area contributed by atoms with Crippen LogP contribution in [0.4, 0.5) is 0 Å². The van der Waals surface area contributed by atoms with Gasteiger partial charge in [-0.3, -0.25) is 4.98 Å². The molecule has 1 aliphatic heterocycles. The van der Waals surface area contributed by atoms with Crippen molar-refractivity contribution in [2.45, 2.75) is 31.5 Å². The first-order valence-corrected chi connectivity index (χ1v) is 9.14. The molecule has 1 aliphatic rings. The molecule has 0 aromatic carbocycles. The van der Waals surface area contributed by atoms with Gasteiger partial charge in [0.1, 0.15) is 5.82 Å². The maximum Gasteiger partial charge on any atom is 0.262 e. The summed E-state index contributed by atoms with van der Waals surface area (Å²) in [6.07, 6.45) is 5.02. The summed E-state index contributed by atoms with van der Waals surface area (Å²) >= 11 is 0. The second kappa shape index (κ2) is 6.38. The lowest BCUT2D eigenvalue weighted by Gasteiger charge is -2.34. The van der Waals surface area contributed by atoms with E-state index >= 15 is 0 Å². The molecule has 23 heavy (non-hydrogen) atoms. The van der Waals surface area contributed by atoms with Crippen molar-refractivity contribution in [2.24, 2.45) is 0 Å². The average Bonchev–Trinajstić information content (AvgIpc) is 2.97. The number of imidazole rings is 1. The highest BCUT2D eigenvalue weighted by Gasteiger charge is 2.36. The van der Waals surface area contributed by atoms with Crippen LogP contribution in [0, 0.1) is 6.92 Å². The molecular weight excluding hydrogens is 314 g/mol. The Morgan fingerprint density at radius 2 is 2.26 bits per heavy atom. The number of piperazine rings is 1.